The Bertz CT molecular complexity index is 1670. The number of amides is 4. The molecule has 0 aromatic heterocycles. The van der Waals surface area contributed by atoms with E-state index in [4.69, 9.17) is 11.5 Å². The molecule has 55 heavy (non-hydrogen) atoms. The monoisotopic (exact) mass is 885 g/mol. The van der Waals surface area contributed by atoms with Crippen LogP contribution in [-0.2, 0) is 16.0 Å². The molecule has 0 spiro atoms. The van der Waals surface area contributed by atoms with Crippen molar-refractivity contribution in [3.05, 3.63) is 56.5 Å². The Hall–Kier alpha value is -3.08. The highest BCUT2D eigenvalue weighted by Crippen LogP contribution is 2.31. The number of rotatable bonds is 12. The smallest absolute Gasteiger partial charge is 0.322 e. The summed E-state index contributed by atoms with van der Waals surface area (Å²) in [6.45, 7) is 12.6. The molecule has 0 saturated carbocycles. The summed E-state index contributed by atoms with van der Waals surface area (Å²) < 4.78 is 1.14. The molecule has 4 aliphatic heterocycles. The third-order valence-electron chi connectivity index (χ3n) is 11.7. The lowest BCUT2D eigenvalue weighted by atomic mass is 9.99. The largest absolute Gasteiger partial charge is 0.397 e. The van der Waals surface area contributed by atoms with Crippen LogP contribution in [0.1, 0.15) is 68.3 Å². The predicted molar refractivity (Wildman–Crippen MR) is 223 cm³/mol. The fraction of sp³-hybridized carbons (Fsp3) is 0.600. The zero-order chi connectivity index (χ0) is 39.3. The van der Waals surface area contributed by atoms with Gasteiger partial charge in [0.05, 0.1) is 12.2 Å². The number of nitrogens with one attached hydrogen (secondary N) is 2. The summed E-state index contributed by atoms with van der Waals surface area (Å²) in [4.78, 5) is 65.5. The summed E-state index contributed by atoms with van der Waals surface area (Å²) >= 11 is 6.84. The number of fused-ring (bicyclic) bond motifs is 1. The zero-order valence-corrected chi connectivity index (χ0v) is 35.4. The van der Waals surface area contributed by atoms with Crippen LogP contribution in [-0.4, -0.2) is 144 Å². The minimum absolute atomic E-state index is 0.0205. The van der Waals surface area contributed by atoms with E-state index >= 15 is 0 Å². The van der Waals surface area contributed by atoms with Crippen LogP contribution in [0.25, 0.3) is 0 Å². The second kappa shape index (κ2) is 18.5. The minimum atomic E-state index is -1.03. The summed E-state index contributed by atoms with van der Waals surface area (Å²) in [6, 6.07) is 10.5. The van der Waals surface area contributed by atoms with Gasteiger partial charge in [0.15, 0.2) is 5.78 Å². The number of carbonyl (C=O) groups is 4. The number of hydrogen-bond acceptors (Lipinski definition) is 9. The average molecular weight is 888 g/mol. The second-order valence-corrected chi connectivity index (χ2v) is 18.0. The minimum Gasteiger partial charge on any atom is -0.397 e. The summed E-state index contributed by atoms with van der Waals surface area (Å²) in [5, 5.41) is 6.01. The number of hydrogen-bond donors (Lipinski definition) is 4. The molecule has 15 heteroatoms. The number of piperazine rings is 1. The molecule has 1 atom stereocenters. The summed E-state index contributed by atoms with van der Waals surface area (Å²) in [7, 11) is 0. The molecule has 4 heterocycles. The van der Waals surface area contributed by atoms with E-state index in [-0.39, 0.29) is 48.2 Å². The van der Waals surface area contributed by atoms with E-state index in [1.54, 1.807) is 17.0 Å². The highest BCUT2D eigenvalue weighted by Gasteiger charge is 2.36. The molecule has 2 aromatic rings. The van der Waals surface area contributed by atoms with Gasteiger partial charge in [0, 0.05) is 103 Å². The number of halogens is 2. The Morgan fingerprint density at radius 1 is 0.891 bits per heavy atom. The van der Waals surface area contributed by atoms with Crippen molar-refractivity contribution in [2.75, 3.05) is 83.0 Å². The second-order valence-electron chi connectivity index (χ2n) is 16.3. The van der Waals surface area contributed by atoms with Gasteiger partial charge in [-0.2, -0.15) is 0 Å². The Kier molecular flexibility index (Phi) is 13.9. The summed E-state index contributed by atoms with van der Waals surface area (Å²) in [5.74, 6) is -0.825. The number of nitrogens with two attached hydrogens (primary N) is 2. The highest BCUT2D eigenvalue weighted by molar-refractivity contribution is 9.11. The first-order valence-corrected chi connectivity index (χ1v) is 21.3. The van der Waals surface area contributed by atoms with E-state index in [0.717, 1.165) is 82.7 Å². The molecule has 3 saturated heterocycles. The molecular weight excluding hydrogens is 830 g/mol. The summed E-state index contributed by atoms with van der Waals surface area (Å²) in [6.07, 6.45) is 4.75. The van der Waals surface area contributed by atoms with Gasteiger partial charge in [-0.05, 0) is 115 Å². The van der Waals surface area contributed by atoms with Gasteiger partial charge in [-0.3, -0.25) is 24.2 Å². The molecule has 6 N–H and O–H groups in total. The van der Waals surface area contributed by atoms with Crippen LogP contribution >= 0.6 is 31.9 Å². The maximum absolute atomic E-state index is 14.2. The van der Waals surface area contributed by atoms with Crippen LogP contribution in [0.15, 0.2) is 45.3 Å². The third kappa shape index (κ3) is 11.1. The molecule has 2 aromatic carbocycles. The molecule has 6 rings (SSSR count). The molecule has 0 aliphatic carbocycles. The van der Waals surface area contributed by atoms with E-state index in [9.17, 15) is 19.2 Å². The Morgan fingerprint density at radius 3 is 2.18 bits per heavy atom. The number of anilines is 2. The van der Waals surface area contributed by atoms with Crippen molar-refractivity contribution < 1.29 is 19.2 Å². The van der Waals surface area contributed by atoms with Crippen molar-refractivity contribution in [2.24, 2.45) is 5.73 Å². The number of Topliss-reactive ketones (excluding diaryl/α,β-unsaturated/α-hetero) is 1. The van der Waals surface area contributed by atoms with Gasteiger partial charge >= 0.3 is 6.03 Å². The first kappa shape index (κ1) is 41.6. The molecule has 3 fully saturated rings. The first-order chi connectivity index (χ1) is 26.2. The predicted octanol–water partition coefficient (Wildman–Crippen LogP) is 4.14. The number of carbonyl (C=O) groups excluding carboxylic acids is 4. The molecular formula is C40H57Br2N9O4. The molecule has 300 valence electrons. The van der Waals surface area contributed by atoms with Gasteiger partial charge < -0.3 is 36.8 Å². The van der Waals surface area contributed by atoms with Crippen molar-refractivity contribution in [3.8, 4) is 0 Å². The number of ketones is 1. The molecule has 1 unspecified atom stereocenters. The number of nitrogen functional groups attached to an aromatic ring is 1. The fourth-order valence-electron chi connectivity index (χ4n) is 8.29. The lowest BCUT2D eigenvalue weighted by Crippen LogP contribution is -2.56. The Labute approximate surface area is 342 Å². The quantitative estimate of drug-likeness (QED) is 0.182. The number of nitrogens with zero attached hydrogens (tertiary/aromatic N) is 5. The molecule has 4 amide bonds. The van der Waals surface area contributed by atoms with Crippen LogP contribution in [0.2, 0.25) is 0 Å². The lowest BCUT2D eigenvalue weighted by Gasteiger charge is -2.43. The van der Waals surface area contributed by atoms with Crippen LogP contribution in [0.4, 0.5) is 16.2 Å². The number of benzene rings is 2. The zero-order valence-electron chi connectivity index (χ0n) is 32.2. The Balaban J connectivity index is 1.03. The van der Waals surface area contributed by atoms with E-state index in [1.807, 2.05) is 29.2 Å². The molecule has 0 bridgehead atoms. The first-order valence-electron chi connectivity index (χ1n) is 19.7. The van der Waals surface area contributed by atoms with E-state index < -0.39 is 6.04 Å². The van der Waals surface area contributed by atoms with Crippen molar-refractivity contribution in [1.29, 1.82) is 0 Å². The van der Waals surface area contributed by atoms with Crippen LogP contribution in [0, 0.1) is 0 Å². The standard InChI is InChI=1S/C40H57Br2N9O4/c1-40(2,44)12-18-47-19-21-49(22-20-47)29-8-13-48(14-9-29)26-36(53)45-34(25-35(52)28-23-31(41)37(43)32(42)24-28)38(54)50-15-10-30(11-16-50)51-17-7-27-5-3-4-6-33(27)46-39(51)55/h3-6,23-24,29-30,34H,7-22,25-26,43-44H2,1-2H3,(H,45,53)(H,46,55). The Morgan fingerprint density at radius 2 is 1.53 bits per heavy atom. The maximum atomic E-state index is 14.2. The van der Waals surface area contributed by atoms with E-state index in [0.29, 0.717) is 58.7 Å². The normalized spacial score (nSPS) is 20.4. The molecule has 13 nitrogen and oxygen atoms in total. The van der Waals surface area contributed by atoms with E-state index in [2.05, 4.69) is 71.0 Å². The van der Waals surface area contributed by atoms with Crippen LogP contribution in [0.5, 0.6) is 0 Å². The average Bonchev–Trinajstić information content (AvgIpc) is 3.33. The lowest BCUT2D eigenvalue weighted by molar-refractivity contribution is -0.138. The van der Waals surface area contributed by atoms with Crippen LogP contribution < -0.4 is 22.1 Å². The number of likely N-dealkylation sites (tertiary alicyclic amines) is 2. The summed E-state index contributed by atoms with van der Waals surface area (Å²) in [5.41, 5.74) is 14.9. The van der Waals surface area contributed by atoms with E-state index in [1.165, 1.54) is 0 Å². The van der Waals surface area contributed by atoms with Crippen molar-refractivity contribution in [3.63, 3.8) is 0 Å². The highest BCUT2D eigenvalue weighted by atomic mass is 79.9. The topological polar surface area (TPSA) is 161 Å². The van der Waals surface area contributed by atoms with Gasteiger partial charge in [0.25, 0.3) is 0 Å². The number of piperidine rings is 2. The van der Waals surface area contributed by atoms with Gasteiger partial charge in [-0.15, -0.1) is 0 Å². The van der Waals surface area contributed by atoms with Crippen LogP contribution in [0.3, 0.4) is 0 Å². The van der Waals surface area contributed by atoms with Gasteiger partial charge in [0.2, 0.25) is 11.8 Å². The number of urea groups is 1. The van der Waals surface area contributed by atoms with Crippen molar-refractivity contribution >= 4 is 66.9 Å². The van der Waals surface area contributed by atoms with Gasteiger partial charge in [-0.25, -0.2) is 4.79 Å². The van der Waals surface area contributed by atoms with Crippen molar-refractivity contribution in [1.82, 2.24) is 29.8 Å². The van der Waals surface area contributed by atoms with Gasteiger partial charge in [0.1, 0.15) is 6.04 Å². The third-order valence-corrected chi connectivity index (χ3v) is 13.0. The van der Waals surface area contributed by atoms with Crippen molar-refractivity contribution in [2.45, 2.75) is 82.5 Å². The SMILES string of the molecule is CC(C)(N)CCN1CCN(C2CCN(CC(=O)NC(CC(=O)c3cc(Br)c(N)c(Br)c3)C(=O)N3CCC(N4CCc5ccccc5NC4=O)CC3)CC2)CC1. The number of para-hydroxylation sites is 1. The van der Waals surface area contributed by atoms with Gasteiger partial charge in [-0.1, -0.05) is 18.2 Å². The molecule has 4 aliphatic rings. The fourth-order valence-corrected chi connectivity index (χ4v) is 9.48. The maximum Gasteiger partial charge on any atom is 0.322 e. The molecule has 0 radical (unpaired) electrons.